The molecule has 0 saturated heterocycles. The van der Waals surface area contributed by atoms with E-state index in [0.29, 0.717) is 38.1 Å². The summed E-state index contributed by atoms with van der Waals surface area (Å²) in [4.78, 5) is 41.1. The maximum Gasteiger partial charge on any atom is 0.223 e. The van der Waals surface area contributed by atoms with Gasteiger partial charge in [0.25, 0.3) is 0 Å². The average Bonchev–Trinajstić information content (AvgIpc) is 2.78. The Balaban J connectivity index is 0.0000144. The minimum Gasteiger partial charge on any atom is -0.391 e. The van der Waals surface area contributed by atoms with Crippen LogP contribution in [-0.4, -0.2) is 52.8 Å². The van der Waals surface area contributed by atoms with Crippen LogP contribution in [0.5, 0.6) is 0 Å². The fourth-order valence-corrected chi connectivity index (χ4v) is 4.55. The van der Waals surface area contributed by atoms with Crippen LogP contribution in [0.4, 0.5) is 0 Å². The van der Waals surface area contributed by atoms with E-state index in [4.69, 9.17) is 0 Å². The molecular formula is C33H58N2O4. The van der Waals surface area contributed by atoms with Crippen LogP contribution < -0.4 is 5.32 Å². The summed E-state index contributed by atoms with van der Waals surface area (Å²) >= 11 is 0. The van der Waals surface area contributed by atoms with Gasteiger partial charge in [0.1, 0.15) is 0 Å². The minimum atomic E-state index is -0.873. The van der Waals surface area contributed by atoms with Crippen molar-refractivity contribution in [1.82, 2.24) is 10.2 Å². The molecule has 2 amide bonds. The molecule has 2 N–H and O–H groups in total. The van der Waals surface area contributed by atoms with Gasteiger partial charge in [0.15, 0.2) is 5.78 Å². The lowest BCUT2D eigenvalue weighted by molar-refractivity contribution is -0.135. The van der Waals surface area contributed by atoms with Crippen LogP contribution in [0.1, 0.15) is 107 Å². The summed E-state index contributed by atoms with van der Waals surface area (Å²) in [6.45, 7) is 18.9. The number of Topliss-reactive ketones (excluding diaryl/α,β-unsaturated/α-hetero) is 1. The van der Waals surface area contributed by atoms with E-state index in [2.05, 4.69) is 19.2 Å². The summed E-state index contributed by atoms with van der Waals surface area (Å²) in [5.74, 6) is -0.147. The fourth-order valence-electron chi connectivity index (χ4n) is 4.55. The Kier molecular flexibility index (Phi) is 15.8. The number of amides is 2. The number of nitrogens with zero attached hydrogens (tertiary/aromatic N) is 1. The van der Waals surface area contributed by atoms with Gasteiger partial charge in [0.05, 0.1) is 12.1 Å². The lowest BCUT2D eigenvalue weighted by Crippen LogP contribution is -2.50. The highest BCUT2D eigenvalue weighted by molar-refractivity contribution is 5.90. The predicted octanol–water partition coefficient (Wildman–Crippen LogP) is 6.44. The minimum absolute atomic E-state index is 0. The molecule has 3 atom stereocenters. The van der Waals surface area contributed by atoms with Crippen molar-refractivity contribution in [1.29, 1.82) is 0 Å². The summed E-state index contributed by atoms with van der Waals surface area (Å²) in [6, 6.07) is 9.19. The van der Waals surface area contributed by atoms with E-state index in [1.807, 2.05) is 78.8 Å². The SMILES string of the molecule is C.CCCC(=O)NC(C(=O)CC(Cc1ccccc1)C(O)CN(CCC(C)C)C(=O)CC(C)(C)C)C(C)(C)C. The Hall–Kier alpha value is -2.21. The van der Waals surface area contributed by atoms with E-state index in [0.717, 1.165) is 12.0 Å². The Morgan fingerprint density at radius 2 is 1.59 bits per heavy atom. The second-order valence-electron chi connectivity index (χ2n) is 13.6. The number of carbonyl (C=O) groups is 3. The second-order valence-corrected chi connectivity index (χ2v) is 13.6. The molecule has 6 heteroatoms. The molecule has 0 spiro atoms. The molecule has 224 valence electrons. The van der Waals surface area contributed by atoms with E-state index in [9.17, 15) is 19.5 Å². The molecule has 6 nitrogen and oxygen atoms in total. The zero-order chi connectivity index (χ0) is 29.1. The number of aliphatic hydroxyl groups is 1. The Labute approximate surface area is 239 Å². The number of carbonyl (C=O) groups excluding carboxylic acids is 3. The van der Waals surface area contributed by atoms with Gasteiger partial charge in [-0.05, 0) is 47.5 Å². The van der Waals surface area contributed by atoms with Crippen molar-refractivity contribution in [2.24, 2.45) is 22.7 Å². The van der Waals surface area contributed by atoms with Crippen LogP contribution in [0.25, 0.3) is 0 Å². The third kappa shape index (κ3) is 14.7. The zero-order valence-corrected chi connectivity index (χ0v) is 25.5. The first kappa shape index (κ1) is 36.8. The molecule has 0 bridgehead atoms. The number of benzene rings is 1. The summed E-state index contributed by atoms with van der Waals surface area (Å²) in [7, 11) is 0. The third-order valence-electron chi connectivity index (χ3n) is 6.74. The van der Waals surface area contributed by atoms with Crippen molar-refractivity contribution in [3.05, 3.63) is 35.9 Å². The standard InChI is InChI=1S/C32H54N2O4.CH4/c1-10-14-28(37)33-30(32(7,8)9)26(35)20-25(19-24-15-12-11-13-16-24)27(36)22-34(18-17-23(2)3)29(38)21-31(4,5)6;/h11-13,15-16,23,25,27,30,36H,10,14,17-22H2,1-9H3,(H,33,37);1H4. The number of hydrogen-bond acceptors (Lipinski definition) is 4. The zero-order valence-electron chi connectivity index (χ0n) is 25.5. The maximum atomic E-state index is 13.7. The van der Waals surface area contributed by atoms with E-state index >= 15 is 0 Å². The van der Waals surface area contributed by atoms with Gasteiger partial charge < -0.3 is 15.3 Å². The van der Waals surface area contributed by atoms with E-state index in [1.54, 1.807) is 4.90 Å². The maximum absolute atomic E-state index is 13.7. The van der Waals surface area contributed by atoms with Gasteiger partial charge in [-0.25, -0.2) is 0 Å². The fraction of sp³-hybridized carbons (Fsp3) is 0.727. The summed E-state index contributed by atoms with van der Waals surface area (Å²) < 4.78 is 0. The van der Waals surface area contributed by atoms with E-state index in [1.165, 1.54) is 0 Å². The van der Waals surface area contributed by atoms with E-state index in [-0.39, 0.29) is 49.3 Å². The molecule has 0 aliphatic rings. The number of aliphatic hydroxyl groups excluding tert-OH is 1. The number of nitrogens with one attached hydrogen (secondary N) is 1. The average molecular weight is 547 g/mol. The van der Waals surface area contributed by atoms with Crippen molar-refractivity contribution >= 4 is 17.6 Å². The molecule has 0 radical (unpaired) electrons. The molecule has 0 aromatic heterocycles. The summed E-state index contributed by atoms with van der Waals surface area (Å²) in [5, 5.41) is 14.5. The van der Waals surface area contributed by atoms with Gasteiger partial charge in [-0.2, -0.15) is 0 Å². The van der Waals surface area contributed by atoms with Gasteiger partial charge in [0, 0.05) is 32.4 Å². The molecule has 39 heavy (non-hydrogen) atoms. The Morgan fingerprint density at radius 3 is 2.08 bits per heavy atom. The number of ketones is 1. The van der Waals surface area contributed by atoms with Gasteiger partial charge in [-0.3, -0.25) is 14.4 Å². The first-order valence-corrected chi connectivity index (χ1v) is 14.3. The van der Waals surface area contributed by atoms with Crippen molar-refractivity contribution in [2.75, 3.05) is 13.1 Å². The highest BCUT2D eigenvalue weighted by atomic mass is 16.3. The topological polar surface area (TPSA) is 86.7 Å². The molecule has 1 aromatic carbocycles. The van der Waals surface area contributed by atoms with Crippen LogP contribution in [0.2, 0.25) is 0 Å². The van der Waals surface area contributed by atoms with Crippen LogP contribution in [-0.2, 0) is 20.8 Å². The normalized spacial score (nSPS) is 14.2. The van der Waals surface area contributed by atoms with Gasteiger partial charge in [-0.1, -0.05) is 100 Å². The molecule has 3 unspecified atom stereocenters. The Morgan fingerprint density at radius 1 is 1.00 bits per heavy atom. The third-order valence-corrected chi connectivity index (χ3v) is 6.74. The second kappa shape index (κ2) is 16.8. The quantitative estimate of drug-likeness (QED) is 0.265. The van der Waals surface area contributed by atoms with Crippen LogP contribution in [0.3, 0.4) is 0 Å². The van der Waals surface area contributed by atoms with E-state index < -0.39 is 17.6 Å². The molecule has 0 saturated carbocycles. The Bertz CT molecular complexity index is 868. The van der Waals surface area contributed by atoms with Gasteiger partial charge >= 0.3 is 0 Å². The van der Waals surface area contributed by atoms with Crippen molar-refractivity contribution in [3.8, 4) is 0 Å². The predicted molar refractivity (Wildman–Crippen MR) is 162 cm³/mol. The van der Waals surface area contributed by atoms with Crippen LogP contribution in [0, 0.1) is 22.7 Å². The first-order chi connectivity index (χ1) is 17.5. The molecule has 1 rings (SSSR count). The number of rotatable bonds is 15. The summed E-state index contributed by atoms with van der Waals surface area (Å²) in [5.41, 5.74) is 0.407. The van der Waals surface area contributed by atoms with Crippen molar-refractivity contribution in [3.63, 3.8) is 0 Å². The lowest BCUT2D eigenvalue weighted by atomic mass is 9.79. The van der Waals surface area contributed by atoms with Gasteiger partial charge in [0.2, 0.25) is 11.8 Å². The van der Waals surface area contributed by atoms with Crippen LogP contribution in [0.15, 0.2) is 30.3 Å². The summed E-state index contributed by atoms with van der Waals surface area (Å²) in [6.07, 6.45) is 2.09. The highest BCUT2D eigenvalue weighted by Crippen LogP contribution is 2.26. The molecular weight excluding hydrogens is 488 g/mol. The molecule has 0 heterocycles. The van der Waals surface area contributed by atoms with Crippen molar-refractivity contribution in [2.45, 2.75) is 120 Å². The van der Waals surface area contributed by atoms with Crippen LogP contribution >= 0.6 is 0 Å². The van der Waals surface area contributed by atoms with Gasteiger partial charge in [-0.15, -0.1) is 0 Å². The smallest absolute Gasteiger partial charge is 0.223 e. The molecule has 0 aliphatic heterocycles. The molecule has 1 aromatic rings. The largest absolute Gasteiger partial charge is 0.391 e. The number of hydrogen-bond donors (Lipinski definition) is 2. The monoisotopic (exact) mass is 546 g/mol. The lowest BCUT2D eigenvalue weighted by Gasteiger charge is -2.34. The highest BCUT2D eigenvalue weighted by Gasteiger charge is 2.36. The molecule has 0 fully saturated rings. The molecule has 0 aliphatic carbocycles. The van der Waals surface area contributed by atoms with Crippen molar-refractivity contribution < 1.29 is 19.5 Å². The first-order valence-electron chi connectivity index (χ1n) is 14.3.